The second-order valence-electron chi connectivity index (χ2n) is 4.59. The molecule has 0 heterocycles. The molecule has 0 amide bonds. The quantitative estimate of drug-likeness (QED) is 0.246. The Morgan fingerprint density at radius 2 is 2.09 bits per heavy atom. The van der Waals surface area contributed by atoms with Gasteiger partial charge in [0.1, 0.15) is 11.9 Å². The van der Waals surface area contributed by atoms with Crippen LogP contribution in [0.5, 0.6) is 5.75 Å². The molecule has 0 aliphatic rings. The van der Waals surface area contributed by atoms with Crippen LogP contribution in [0.1, 0.15) is 13.3 Å². The fraction of sp³-hybridized carbons (Fsp3) is 0.533. The number of rotatable bonds is 8. The highest BCUT2D eigenvalue weighted by Crippen LogP contribution is 2.24. The molecular weight excluding hydrogens is 477 g/mol. The Morgan fingerprint density at radius 1 is 1.36 bits per heavy atom. The van der Waals surface area contributed by atoms with Crippen molar-refractivity contribution >= 4 is 57.6 Å². The molecule has 7 heteroatoms. The molecule has 0 aliphatic carbocycles. The van der Waals surface area contributed by atoms with Gasteiger partial charge in [-0.1, -0.05) is 12.1 Å². The highest BCUT2D eigenvalue weighted by atomic mass is 127. The van der Waals surface area contributed by atoms with Gasteiger partial charge in [0.25, 0.3) is 0 Å². The molecule has 1 unspecified atom stereocenters. The molecule has 22 heavy (non-hydrogen) atoms. The number of para-hydroxylation sites is 1. The first-order valence-electron chi connectivity index (χ1n) is 7.02. The van der Waals surface area contributed by atoms with E-state index in [1.807, 2.05) is 43.0 Å². The minimum atomic E-state index is 0. The molecule has 0 fully saturated rings. The second kappa shape index (κ2) is 13.3. The van der Waals surface area contributed by atoms with Gasteiger partial charge in [-0.05, 0) is 53.4 Å². The summed E-state index contributed by atoms with van der Waals surface area (Å²) in [6.45, 7) is 3.66. The van der Waals surface area contributed by atoms with Gasteiger partial charge in [-0.2, -0.15) is 11.8 Å². The van der Waals surface area contributed by atoms with Crippen molar-refractivity contribution < 1.29 is 4.74 Å². The van der Waals surface area contributed by atoms with Crippen molar-refractivity contribution in [2.24, 2.45) is 4.99 Å². The number of ether oxygens (including phenoxy) is 1. The average Bonchev–Trinajstić information content (AvgIpc) is 2.49. The first-order valence-corrected chi connectivity index (χ1v) is 9.20. The summed E-state index contributed by atoms with van der Waals surface area (Å²) in [5.74, 6) is 2.83. The van der Waals surface area contributed by atoms with E-state index in [4.69, 9.17) is 4.74 Å². The molecule has 0 aromatic heterocycles. The van der Waals surface area contributed by atoms with Crippen molar-refractivity contribution in [3.05, 3.63) is 28.7 Å². The van der Waals surface area contributed by atoms with Gasteiger partial charge in [-0.25, -0.2) is 0 Å². The minimum absolute atomic E-state index is 0. The van der Waals surface area contributed by atoms with Crippen molar-refractivity contribution in [3.63, 3.8) is 0 Å². The number of halogens is 2. The summed E-state index contributed by atoms with van der Waals surface area (Å²) in [4.78, 5) is 4.21. The summed E-state index contributed by atoms with van der Waals surface area (Å²) in [5.41, 5.74) is 0. The van der Waals surface area contributed by atoms with Crippen molar-refractivity contribution in [2.45, 2.75) is 19.4 Å². The van der Waals surface area contributed by atoms with E-state index >= 15 is 0 Å². The molecule has 1 rings (SSSR count). The maximum absolute atomic E-state index is 5.89. The van der Waals surface area contributed by atoms with Gasteiger partial charge in [-0.15, -0.1) is 24.0 Å². The molecule has 4 nitrogen and oxygen atoms in total. The van der Waals surface area contributed by atoms with Gasteiger partial charge in [0.2, 0.25) is 0 Å². The van der Waals surface area contributed by atoms with E-state index < -0.39 is 0 Å². The predicted octanol–water partition coefficient (Wildman–Crippen LogP) is 3.75. The van der Waals surface area contributed by atoms with Gasteiger partial charge >= 0.3 is 0 Å². The van der Waals surface area contributed by atoms with Crippen LogP contribution >= 0.6 is 51.7 Å². The SMILES string of the molecule is CN=C(NCCCSC)NCC(C)Oc1ccccc1Br.I. The number of nitrogens with one attached hydrogen (secondary N) is 2. The van der Waals surface area contributed by atoms with Crippen LogP contribution in [0.3, 0.4) is 0 Å². The molecule has 1 aromatic rings. The maximum atomic E-state index is 5.89. The van der Waals surface area contributed by atoms with Crippen LogP contribution in [0.4, 0.5) is 0 Å². The fourth-order valence-corrected chi connectivity index (χ4v) is 2.49. The van der Waals surface area contributed by atoms with Gasteiger partial charge in [0.15, 0.2) is 5.96 Å². The normalized spacial score (nSPS) is 12.3. The summed E-state index contributed by atoms with van der Waals surface area (Å²) < 4.78 is 6.86. The Kier molecular flexibility index (Phi) is 13.2. The average molecular weight is 502 g/mol. The van der Waals surface area contributed by atoms with Crippen LogP contribution in [0, 0.1) is 0 Å². The smallest absolute Gasteiger partial charge is 0.191 e. The molecular formula is C15H25BrIN3OS. The highest BCUT2D eigenvalue weighted by Gasteiger charge is 2.07. The van der Waals surface area contributed by atoms with Crippen LogP contribution < -0.4 is 15.4 Å². The molecule has 0 bridgehead atoms. The standard InChI is InChI=1S/C15H24BrN3OS.HI/c1-12(20-14-8-5-4-7-13(14)16)11-19-15(17-2)18-9-6-10-21-3;/h4-5,7-8,12H,6,9-11H2,1-3H3,(H2,17,18,19);1H. The highest BCUT2D eigenvalue weighted by molar-refractivity contribution is 14.0. The summed E-state index contributed by atoms with van der Waals surface area (Å²) in [6, 6.07) is 7.87. The van der Waals surface area contributed by atoms with Crippen molar-refractivity contribution in [1.29, 1.82) is 0 Å². The Balaban J connectivity index is 0.00000441. The topological polar surface area (TPSA) is 45.7 Å². The van der Waals surface area contributed by atoms with E-state index in [1.54, 1.807) is 7.05 Å². The number of guanidine groups is 1. The maximum Gasteiger partial charge on any atom is 0.191 e. The zero-order valence-corrected chi connectivity index (χ0v) is 18.0. The van der Waals surface area contributed by atoms with Crippen LogP contribution in [0.15, 0.2) is 33.7 Å². The van der Waals surface area contributed by atoms with E-state index in [2.05, 4.69) is 37.8 Å². The molecule has 2 N–H and O–H groups in total. The van der Waals surface area contributed by atoms with E-state index in [-0.39, 0.29) is 30.1 Å². The van der Waals surface area contributed by atoms with Gasteiger partial charge in [-0.3, -0.25) is 4.99 Å². The largest absolute Gasteiger partial charge is 0.488 e. The molecule has 0 saturated heterocycles. The molecule has 0 saturated carbocycles. The Morgan fingerprint density at radius 3 is 2.73 bits per heavy atom. The molecule has 0 spiro atoms. The Labute approximate surface area is 163 Å². The van der Waals surface area contributed by atoms with Crippen LogP contribution in [-0.4, -0.2) is 44.2 Å². The van der Waals surface area contributed by atoms with Gasteiger partial charge in [0.05, 0.1) is 11.0 Å². The summed E-state index contributed by atoms with van der Waals surface area (Å²) in [5, 5.41) is 6.57. The molecule has 0 aliphatic heterocycles. The number of nitrogens with zero attached hydrogens (tertiary/aromatic N) is 1. The van der Waals surface area contributed by atoms with Crippen LogP contribution in [-0.2, 0) is 0 Å². The Bertz CT molecular complexity index is 449. The lowest BCUT2D eigenvalue weighted by Crippen LogP contribution is -2.42. The Hall–Kier alpha value is -0.150. The monoisotopic (exact) mass is 501 g/mol. The third kappa shape index (κ3) is 9.09. The number of hydrogen-bond donors (Lipinski definition) is 2. The zero-order chi connectivity index (χ0) is 15.5. The number of thioether (sulfide) groups is 1. The molecule has 1 aromatic carbocycles. The lowest BCUT2D eigenvalue weighted by molar-refractivity contribution is 0.222. The van der Waals surface area contributed by atoms with Crippen molar-refractivity contribution in [1.82, 2.24) is 10.6 Å². The van der Waals surface area contributed by atoms with Crippen molar-refractivity contribution in [3.8, 4) is 5.75 Å². The third-order valence-electron chi connectivity index (χ3n) is 2.76. The van der Waals surface area contributed by atoms with E-state index in [0.29, 0.717) is 6.54 Å². The lowest BCUT2D eigenvalue weighted by Gasteiger charge is -2.18. The zero-order valence-electron chi connectivity index (χ0n) is 13.3. The second-order valence-corrected chi connectivity index (χ2v) is 6.43. The minimum Gasteiger partial charge on any atom is -0.488 e. The summed E-state index contributed by atoms with van der Waals surface area (Å²) in [6.07, 6.45) is 3.30. The summed E-state index contributed by atoms with van der Waals surface area (Å²) >= 11 is 5.34. The molecule has 1 atom stereocenters. The van der Waals surface area contributed by atoms with Crippen LogP contribution in [0.25, 0.3) is 0 Å². The molecule has 0 radical (unpaired) electrons. The van der Waals surface area contributed by atoms with Gasteiger partial charge in [0, 0.05) is 13.6 Å². The number of aliphatic imine (C=N–C) groups is 1. The first kappa shape index (κ1) is 21.9. The fourth-order valence-electron chi connectivity index (χ4n) is 1.68. The van der Waals surface area contributed by atoms with E-state index in [1.165, 1.54) is 0 Å². The van der Waals surface area contributed by atoms with Crippen molar-refractivity contribution in [2.75, 3.05) is 32.1 Å². The van der Waals surface area contributed by atoms with E-state index in [0.717, 1.165) is 34.9 Å². The number of hydrogen-bond acceptors (Lipinski definition) is 3. The first-order chi connectivity index (χ1) is 10.2. The van der Waals surface area contributed by atoms with Gasteiger partial charge < -0.3 is 15.4 Å². The van der Waals surface area contributed by atoms with Crippen LogP contribution in [0.2, 0.25) is 0 Å². The molecule has 126 valence electrons. The summed E-state index contributed by atoms with van der Waals surface area (Å²) in [7, 11) is 1.78. The number of benzene rings is 1. The lowest BCUT2D eigenvalue weighted by atomic mass is 10.3. The third-order valence-corrected chi connectivity index (χ3v) is 4.12. The van der Waals surface area contributed by atoms with E-state index in [9.17, 15) is 0 Å². The predicted molar refractivity (Wildman–Crippen MR) is 112 cm³/mol.